The largest absolute Gasteiger partial charge is 0.494 e. The predicted molar refractivity (Wildman–Crippen MR) is 115 cm³/mol. The molecule has 5 heteroatoms. The molecule has 5 nitrogen and oxygen atoms in total. The van der Waals surface area contributed by atoms with Gasteiger partial charge < -0.3 is 14.2 Å². The number of unbranched alkanes of at least 4 members (excludes halogenated alkanes) is 1. The van der Waals surface area contributed by atoms with Gasteiger partial charge in [0.25, 0.3) is 0 Å². The van der Waals surface area contributed by atoms with E-state index in [2.05, 4.69) is 41.8 Å². The second kappa shape index (κ2) is 8.68. The number of nitrogens with zero attached hydrogens (tertiary/aromatic N) is 3. The normalized spacial score (nSPS) is 16.5. The average Bonchev–Trinajstić information content (AvgIpc) is 3.32. The number of hydrogen-bond donors (Lipinski definition) is 0. The van der Waals surface area contributed by atoms with Crippen LogP contribution in [0.4, 0.5) is 0 Å². The van der Waals surface area contributed by atoms with Gasteiger partial charge in [0.2, 0.25) is 5.91 Å². The van der Waals surface area contributed by atoms with Crippen LogP contribution in [0.15, 0.2) is 48.5 Å². The summed E-state index contributed by atoms with van der Waals surface area (Å²) in [6, 6.07) is 16.5. The summed E-state index contributed by atoms with van der Waals surface area (Å²) in [5.41, 5.74) is 3.37. The molecule has 1 unspecified atom stereocenters. The van der Waals surface area contributed by atoms with Crippen molar-refractivity contribution in [2.24, 2.45) is 0 Å². The van der Waals surface area contributed by atoms with Crippen LogP contribution in [0, 0.1) is 6.92 Å². The molecule has 1 atom stereocenters. The number of hydrogen-bond acceptors (Lipinski definition) is 3. The first-order valence-electron chi connectivity index (χ1n) is 10.6. The summed E-state index contributed by atoms with van der Waals surface area (Å²) in [5.74, 6) is 2.10. The minimum absolute atomic E-state index is 0.0865. The third kappa shape index (κ3) is 4.29. The zero-order valence-corrected chi connectivity index (χ0v) is 17.3. The fourth-order valence-electron chi connectivity index (χ4n) is 4.26. The second-order valence-electron chi connectivity index (χ2n) is 7.85. The molecule has 1 fully saturated rings. The van der Waals surface area contributed by atoms with Gasteiger partial charge in [-0.2, -0.15) is 0 Å². The van der Waals surface area contributed by atoms with Gasteiger partial charge in [0.1, 0.15) is 11.6 Å². The van der Waals surface area contributed by atoms with Gasteiger partial charge in [-0.15, -0.1) is 0 Å². The first kappa shape index (κ1) is 19.5. The number of fused-ring (bicyclic) bond motifs is 1. The molecule has 0 spiro atoms. The first-order chi connectivity index (χ1) is 14.1. The van der Waals surface area contributed by atoms with Gasteiger partial charge >= 0.3 is 0 Å². The van der Waals surface area contributed by atoms with Crippen molar-refractivity contribution in [3.8, 4) is 5.75 Å². The molecular formula is C24H29N3O2. The number of carbonyl (C=O) groups is 1. The van der Waals surface area contributed by atoms with E-state index in [4.69, 9.17) is 9.72 Å². The number of imidazole rings is 1. The summed E-state index contributed by atoms with van der Waals surface area (Å²) in [4.78, 5) is 19.0. The number of amides is 1. The molecule has 29 heavy (non-hydrogen) atoms. The Kier molecular flexibility index (Phi) is 5.84. The topological polar surface area (TPSA) is 47.4 Å². The minimum atomic E-state index is 0.0865. The van der Waals surface area contributed by atoms with E-state index in [1.165, 1.54) is 5.56 Å². The molecule has 2 heterocycles. The Morgan fingerprint density at radius 1 is 1.17 bits per heavy atom. The third-order valence-electron chi connectivity index (χ3n) is 5.67. The molecule has 0 saturated carbocycles. The van der Waals surface area contributed by atoms with Gasteiger partial charge in [0, 0.05) is 20.0 Å². The fourth-order valence-corrected chi connectivity index (χ4v) is 4.26. The van der Waals surface area contributed by atoms with Crippen molar-refractivity contribution in [3.63, 3.8) is 0 Å². The van der Waals surface area contributed by atoms with Crippen LogP contribution in [0.2, 0.25) is 0 Å². The van der Waals surface area contributed by atoms with Crippen molar-refractivity contribution in [1.29, 1.82) is 0 Å². The van der Waals surface area contributed by atoms with Crippen molar-refractivity contribution in [3.05, 3.63) is 59.9 Å². The smallest absolute Gasteiger partial charge is 0.220 e. The lowest BCUT2D eigenvalue weighted by molar-refractivity contribution is -0.129. The van der Waals surface area contributed by atoms with Crippen LogP contribution in [-0.2, 0) is 11.3 Å². The van der Waals surface area contributed by atoms with Crippen molar-refractivity contribution < 1.29 is 9.53 Å². The van der Waals surface area contributed by atoms with Crippen LogP contribution in [0.5, 0.6) is 5.75 Å². The van der Waals surface area contributed by atoms with Crippen LogP contribution in [0.25, 0.3) is 11.0 Å². The van der Waals surface area contributed by atoms with E-state index in [1.54, 1.807) is 6.92 Å². The van der Waals surface area contributed by atoms with Crippen LogP contribution in [-0.4, -0.2) is 33.5 Å². The summed E-state index contributed by atoms with van der Waals surface area (Å²) in [6.45, 7) is 6.15. The maximum absolute atomic E-state index is 12.1. The second-order valence-corrected chi connectivity index (χ2v) is 7.85. The molecule has 2 aromatic carbocycles. The maximum Gasteiger partial charge on any atom is 0.220 e. The van der Waals surface area contributed by atoms with E-state index in [-0.39, 0.29) is 11.9 Å². The van der Waals surface area contributed by atoms with Crippen LogP contribution in [0.1, 0.15) is 50.0 Å². The molecule has 0 aliphatic carbocycles. The van der Waals surface area contributed by atoms with E-state index in [1.807, 2.05) is 23.1 Å². The van der Waals surface area contributed by atoms with Gasteiger partial charge in [0.15, 0.2) is 0 Å². The lowest BCUT2D eigenvalue weighted by Gasteiger charge is -2.24. The number of carbonyl (C=O) groups excluding carboxylic acids is 1. The Bertz CT molecular complexity index is 995. The summed E-state index contributed by atoms with van der Waals surface area (Å²) < 4.78 is 8.21. The van der Waals surface area contributed by atoms with Crippen LogP contribution >= 0.6 is 0 Å². The zero-order valence-electron chi connectivity index (χ0n) is 17.3. The van der Waals surface area contributed by atoms with Gasteiger partial charge in [-0.3, -0.25) is 4.79 Å². The number of benzene rings is 2. The molecule has 1 aromatic heterocycles. The summed E-state index contributed by atoms with van der Waals surface area (Å²) in [5, 5.41) is 0. The van der Waals surface area contributed by atoms with Crippen LogP contribution < -0.4 is 4.74 Å². The van der Waals surface area contributed by atoms with E-state index in [0.717, 1.165) is 61.4 Å². The van der Waals surface area contributed by atoms with Crippen LogP contribution in [0.3, 0.4) is 0 Å². The number of rotatable bonds is 7. The maximum atomic E-state index is 12.1. The quantitative estimate of drug-likeness (QED) is 0.539. The summed E-state index contributed by atoms with van der Waals surface area (Å²) >= 11 is 0. The first-order valence-corrected chi connectivity index (χ1v) is 10.6. The van der Waals surface area contributed by atoms with Gasteiger partial charge in [-0.1, -0.05) is 24.3 Å². The number of aryl methyl sites for hydroxylation is 2. The zero-order chi connectivity index (χ0) is 20.2. The molecule has 152 valence electrons. The lowest BCUT2D eigenvalue weighted by atomic mass is 10.2. The molecule has 1 amide bonds. The van der Waals surface area contributed by atoms with E-state index in [9.17, 15) is 4.79 Å². The molecule has 0 N–H and O–H groups in total. The monoisotopic (exact) mass is 391 g/mol. The molecule has 0 radical (unpaired) electrons. The highest BCUT2D eigenvalue weighted by molar-refractivity contribution is 5.77. The SMILES string of the molecule is CC(=O)N1CCCC1c1nc2ccccc2n1CCCCOc1cccc(C)c1. The number of para-hydroxylation sites is 2. The highest BCUT2D eigenvalue weighted by Crippen LogP contribution is 2.33. The number of likely N-dealkylation sites (tertiary alicyclic amines) is 1. The Morgan fingerprint density at radius 3 is 2.86 bits per heavy atom. The molecule has 4 rings (SSSR count). The Balaban J connectivity index is 1.45. The predicted octanol–water partition coefficient (Wildman–Crippen LogP) is 4.89. The van der Waals surface area contributed by atoms with Crippen molar-refractivity contribution in [1.82, 2.24) is 14.5 Å². The Labute approximate surface area is 172 Å². The average molecular weight is 392 g/mol. The minimum Gasteiger partial charge on any atom is -0.494 e. The Morgan fingerprint density at radius 2 is 2.03 bits per heavy atom. The van der Waals surface area contributed by atoms with E-state index in [0.29, 0.717) is 6.61 Å². The highest BCUT2D eigenvalue weighted by Gasteiger charge is 2.31. The highest BCUT2D eigenvalue weighted by atomic mass is 16.5. The van der Waals surface area contributed by atoms with Crippen molar-refractivity contribution in [2.75, 3.05) is 13.2 Å². The molecule has 1 aliphatic heterocycles. The standard InChI is InChI=1S/C24H29N3O2/c1-18-9-7-10-20(17-18)29-16-6-5-14-27-22-12-4-3-11-21(22)25-24(27)23-13-8-15-26(23)19(2)28/h3-4,7,9-12,17,23H,5-6,8,13-16H2,1-2H3. The van der Waals surface area contributed by atoms with Gasteiger partial charge in [-0.25, -0.2) is 4.98 Å². The van der Waals surface area contributed by atoms with E-state index < -0.39 is 0 Å². The molecule has 1 saturated heterocycles. The fraction of sp³-hybridized carbons (Fsp3) is 0.417. The van der Waals surface area contributed by atoms with Gasteiger partial charge in [0.05, 0.1) is 23.7 Å². The van der Waals surface area contributed by atoms with Gasteiger partial charge in [-0.05, 0) is 62.4 Å². The third-order valence-corrected chi connectivity index (χ3v) is 5.67. The van der Waals surface area contributed by atoms with E-state index >= 15 is 0 Å². The molecule has 1 aliphatic rings. The molecule has 3 aromatic rings. The van der Waals surface area contributed by atoms with Crippen molar-refractivity contribution >= 4 is 16.9 Å². The number of aromatic nitrogens is 2. The Hall–Kier alpha value is -2.82. The summed E-state index contributed by atoms with van der Waals surface area (Å²) in [6.07, 6.45) is 4.00. The number of ether oxygens (including phenoxy) is 1. The lowest BCUT2D eigenvalue weighted by Crippen LogP contribution is -2.30. The molecule has 0 bridgehead atoms. The summed E-state index contributed by atoms with van der Waals surface area (Å²) in [7, 11) is 0. The van der Waals surface area contributed by atoms with Crippen molar-refractivity contribution in [2.45, 2.75) is 52.1 Å². The molecular weight excluding hydrogens is 362 g/mol.